The van der Waals surface area contributed by atoms with Crippen molar-refractivity contribution in [2.45, 2.75) is 24.9 Å². The van der Waals surface area contributed by atoms with Gasteiger partial charge in [-0.2, -0.15) is 11.8 Å². The van der Waals surface area contributed by atoms with Crippen LogP contribution < -0.4 is 5.32 Å². The molecule has 0 fully saturated rings. The number of anilines is 1. The SMILES string of the molecule is Cc1csc(CCNc2c3c(nc4ccccc24)CSC3)n1. The number of benzene rings is 1. The number of nitrogens with zero attached hydrogens (tertiary/aromatic N) is 2. The van der Waals surface area contributed by atoms with Crippen LogP contribution in [-0.4, -0.2) is 16.5 Å². The van der Waals surface area contributed by atoms with E-state index in [4.69, 9.17) is 4.98 Å². The van der Waals surface area contributed by atoms with Crippen molar-refractivity contribution >= 4 is 39.7 Å². The molecular formula is C17H17N3S2. The summed E-state index contributed by atoms with van der Waals surface area (Å²) in [4.78, 5) is 9.35. The molecular weight excluding hydrogens is 310 g/mol. The first-order valence-electron chi connectivity index (χ1n) is 7.44. The van der Waals surface area contributed by atoms with Crippen LogP contribution in [0.15, 0.2) is 29.6 Å². The highest BCUT2D eigenvalue weighted by molar-refractivity contribution is 7.98. The second-order valence-corrected chi connectivity index (χ2v) is 7.41. The first kappa shape index (κ1) is 14.0. The summed E-state index contributed by atoms with van der Waals surface area (Å²) in [7, 11) is 0. The van der Waals surface area contributed by atoms with E-state index >= 15 is 0 Å². The molecule has 0 saturated carbocycles. The number of rotatable bonds is 4. The summed E-state index contributed by atoms with van der Waals surface area (Å²) in [6, 6.07) is 8.43. The molecule has 0 radical (unpaired) electrons. The van der Waals surface area contributed by atoms with Gasteiger partial charge in [0.05, 0.1) is 16.2 Å². The predicted molar refractivity (Wildman–Crippen MR) is 95.8 cm³/mol. The lowest BCUT2D eigenvalue weighted by molar-refractivity contribution is 0.984. The maximum atomic E-state index is 4.81. The first-order chi connectivity index (χ1) is 10.8. The molecule has 0 saturated heterocycles. The molecule has 3 heterocycles. The van der Waals surface area contributed by atoms with Gasteiger partial charge in [0, 0.05) is 52.2 Å². The third kappa shape index (κ3) is 2.59. The highest BCUT2D eigenvalue weighted by Crippen LogP contribution is 2.38. The average molecular weight is 327 g/mol. The molecule has 0 amide bonds. The molecule has 3 aromatic rings. The molecule has 0 aliphatic carbocycles. The zero-order valence-electron chi connectivity index (χ0n) is 12.4. The number of fused-ring (bicyclic) bond motifs is 2. The summed E-state index contributed by atoms with van der Waals surface area (Å²) in [5.74, 6) is 2.09. The van der Waals surface area contributed by atoms with Crippen molar-refractivity contribution in [2.24, 2.45) is 0 Å². The molecule has 0 atom stereocenters. The van der Waals surface area contributed by atoms with Crippen LogP contribution in [0, 0.1) is 6.92 Å². The molecule has 0 spiro atoms. The number of nitrogens with one attached hydrogen (secondary N) is 1. The monoisotopic (exact) mass is 327 g/mol. The summed E-state index contributed by atoms with van der Waals surface area (Å²) in [6.07, 6.45) is 0.969. The van der Waals surface area contributed by atoms with Gasteiger partial charge < -0.3 is 5.32 Å². The maximum Gasteiger partial charge on any atom is 0.0945 e. The van der Waals surface area contributed by atoms with Crippen molar-refractivity contribution in [3.63, 3.8) is 0 Å². The molecule has 112 valence electrons. The lowest BCUT2D eigenvalue weighted by Crippen LogP contribution is -2.08. The maximum absolute atomic E-state index is 4.81. The van der Waals surface area contributed by atoms with E-state index in [-0.39, 0.29) is 0 Å². The molecule has 4 rings (SSSR count). The van der Waals surface area contributed by atoms with E-state index in [1.807, 2.05) is 18.7 Å². The van der Waals surface area contributed by atoms with Crippen molar-refractivity contribution < 1.29 is 0 Å². The van der Waals surface area contributed by atoms with Gasteiger partial charge in [0.1, 0.15) is 0 Å². The molecule has 22 heavy (non-hydrogen) atoms. The fraction of sp³-hybridized carbons (Fsp3) is 0.294. The molecule has 5 heteroatoms. The average Bonchev–Trinajstić information content (AvgIpc) is 3.15. The van der Waals surface area contributed by atoms with E-state index in [2.05, 4.69) is 39.9 Å². The molecule has 0 bridgehead atoms. The van der Waals surface area contributed by atoms with Gasteiger partial charge in [-0.1, -0.05) is 18.2 Å². The Morgan fingerprint density at radius 2 is 2.09 bits per heavy atom. The van der Waals surface area contributed by atoms with Gasteiger partial charge in [-0.15, -0.1) is 11.3 Å². The predicted octanol–water partition coefficient (Wildman–Crippen LogP) is 4.40. The summed E-state index contributed by atoms with van der Waals surface area (Å²) in [5, 5.41) is 8.21. The van der Waals surface area contributed by atoms with Gasteiger partial charge in [0.25, 0.3) is 0 Å². The van der Waals surface area contributed by atoms with E-state index in [1.54, 1.807) is 11.3 Å². The van der Waals surface area contributed by atoms with Crippen LogP contribution in [0.5, 0.6) is 0 Å². The van der Waals surface area contributed by atoms with Crippen LogP contribution >= 0.6 is 23.1 Å². The molecule has 1 aromatic carbocycles. The minimum atomic E-state index is 0.915. The van der Waals surface area contributed by atoms with Crippen molar-refractivity contribution in [3.8, 4) is 0 Å². The Kier molecular flexibility index (Phi) is 3.76. The number of aryl methyl sites for hydroxylation is 1. The van der Waals surface area contributed by atoms with Gasteiger partial charge in [0.2, 0.25) is 0 Å². The van der Waals surface area contributed by atoms with Gasteiger partial charge in [-0.3, -0.25) is 4.98 Å². The third-order valence-electron chi connectivity index (χ3n) is 3.87. The summed E-state index contributed by atoms with van der Waals surface area (Å²) >= 11 is 3.69. The number of thioether (sulfide) groups is 1. The molecule has 3 nitrogen and oxygen atoms in total. The number of hydrogen-bond donors (Lipinski definition) is 1. The van der Waals surface area contributed by atoms with E-state index in [9.17, 15) is 0 Å². The first-order valence-corrected chi connectivity index (χ1v) is 9.48. The molecule has 2 aromatic heterocycles. The van der Waals surface area contributed by atoms with E-state index in [0.29, 0.717) is 0 Å². The number of hydrogen-bond acceptors (Lipinski definition) is 5. The number of aromatic nitrogens is 2. The Morgan fingerprint density at radius 3 is 2.95 bits per heavy atom. The Labute approximate surface area is 138 Å². The lowest BCUT2D eigenvalue weighted by atomic mass is 10.1. The van der Waals surface area contributed by atoms with Crippen molar-refractivity contribution in [3.05, 3.63) is 51.6 Å². The van der Waals surface area contributed by atoms with Crippen LogP contribution in [0.2, 0.25) is 0 Å². The smallest absolute Gasteiger partial charge is 0.0945 e. The van der Waals surface area contributed by atoms with Crippen molar-refractivity contribution in [1.82, 2.24) is 9.97 Å². The Hall–Kier alpha value is -1.59. The Balaban J connectivity index is 1.62. The van der Waals surface area contributed by atoms with Crippen LogP contribution in [0.3, 0.4) is 0 Å². The summed E-state index contributed by atoms with van der Waals surface area (Å²) in [5.41, 5.74) is 6.12. The largest absolute Gasteiger partial charge is 0.384 e. The number of thiazole rings is 1. The minimum absolute atomic E-state index is 0.915. The van der Waals surface area contributed by atoms with Crippen molar-refractivity contribution in [1.29, 1.82) is 0 Å². The van der Waals surface area contributed by atoms with Gasteiger partial charge in [0.15, 0.2) is 0 Å². The van der Waals surface area contributed by atoms with Crippen LogP contribution in [0.25, 0.3) is 10.9 Å². The second kappa shape index (κ2) is 5.89. The fourth-order valence-electron chi connectivity index (χ4n) is 2.84. The van der Waals surface area contributed by atoms with Crippen LogP contribution in [0.1, 0.15) is 22.0 Å². The Bertz CT molecular complexity index is 826. The highest BCUT2D eigenvalue weighted by Gasteiger charge is 2.19. The molecule has 0 unspecified atom stereocenters. The summed E-state index contributed by atoms with van der Waals surface area (Å²) < 4.78 is 0. The zero-order valence-corrected chi connectivity index (χ0v) is 14.1. The quantitative estimate of drug-likeness (QED) is 0.770. The number of pyridine rings is 1. The standard InChI is InChI=1S/C17H17N3S2/c1-11-8-22-16(19-11)6-7-18-17-12-4-2-3-5-14(12)20-15-10-21-9-13(15)17/h2-5,8H,6-7,9-10H2,1H3,(H,18,20). The van der Waals surface area contributed by atoms with Crippen molar-refractivity contribution in [2.75, 3.05) is 11.9 Å². The molecule has 1 aliphatic rings. The fourth-order valence-corrected chi connectivity index (χ4v) is 4.67. The van der Waals surface area contributed by atoms with E-state index in [1.165, 1.54) is 27.3 Å². The highest BCUT2D eigenvalue weighted by atomic mass is 32.2. The lowest BCUT2D eigenvalue weighted by Gasteiger charge is -2.13. The van der Waals surface area contributed by atoms with E-state index < -0.39 is 0 Å². The molecule has 1 aliphatic heterocycles. The topological polar surface area (TPSA) is 37.8 Å². The van der Waals surface area contributed by atoms with E-state index in [0.717, 1.165) is 35.7 Å². The van der Waals surface area contributed by atoms with Gasteiger partial charge >= 0.3 is 0 Å². The second-order valence-electron chi connectivity index (χ2n) is 5.48. The Morgan fingerprint density at radius 1 is 1.18 bits per heavy atom. The summed E-state index contributed by atoms with van der Waals surface area (Å²) in [6.45, 7) is 2.96. The van der Waals surface area contributed by atoms with Gasteiger partial charge in [-0.25, -0.2) is 4.98 Å². The van der Waals surface area contributed by atoms with Crippen LogP contribution in [0.4, 0.5) is 5.69 Å². The third-order valence-corrected chi connectivity index (χ3v) is 5.87. The van der Waals surface area contributed by atoms with Crippen LogP contribution in [-0.2, 0) is 17.9 Å². The minimum Gasteiger partial charge on any atom is -0.384 e. The normalized spacial score (nSPS) is 13.5. The molecule has 1 N–H and O–H groups in total. The zero-order chi connectivity index (χ0) is 14.9. The van der Waals surface area contributed by atoms with Gasteiger partial charge in [-0.05, 0) is 13.0 Å². The number of para-hydroxylation sites is 1.